The third kappa shape index (κ3) is 18.6. The molecule has 180 valence electrons. The van der Waals surface area contributed by atoms with E-state index in [1.165, 1.54) is 19.3 Å². The first-order valence-electron chi connectivity index (χ1n) is 12.5. The molecule has 0 aliphatic rings. The Morgan fingerprint density at radius 3 is 1.87 bits per heavy atom. The molecule has 0 saturated heterocycles. The van der Waals surface area contributed by atoms with E-state index in [0.717, 1.165) is 51.4 Å². The number of hydrogen-bond acceptors (Lipinski definition) is 3. The van der Waals surface area contributed by atoms with Gasteiger partial charge in [0.1, 0.15) is 6.04 Å². The third-order valence-electron chi connectivity index (χ3n) is 5.16. The number of carbonyl (C=O) groups is 3. The standard InChI is InChI=1S/C25H47N3O3/c1-4-7-10-11-12-13-14-15-16-17-24(30)28-22(25(31)27-21-9-6-3)18-19-23(29)26-20-8-5-2/h12-13,22H,4-11,14-21H2,1-3H3,(H,26,29)(H,27,31)(H,28,30)/b13-12+/t22-/m0/s1. The fourth-order valence-electron chi connectivity index (χ4n) is 3.11. The van der Waals surface area contributed by atoms with Crippen LogP contribution in [0.2, 0.25) is 0 Å². The summed E-state index contributed by atoms with van der Waals surface area (Å²) in [6, 6.07) is -0.653. The first-order chi connectivity index (χ1) is 15.0. The second-order valence-electron chi connectivity index (χ2n) is 8.22. The molecule has 0 heterocycles. The third-order valence-corrected chi connectivity index (χ3v) is 5.16. The van der Waals surface area contributed by atoms with Crippen LogP contribution in [0.3, 0.4) is 0 Å². The predicted molar refractivity (Wildman–Crippen MR) is 129 cm³/mol. The summed E-state index contributed by atoms with van der Waals surface area (Å²) in [4.78, 5) is 36.8. The molecule has 0 fully saturated rings. The van der Waals surface area contributed by atoms with Gasteiger partial charge in [-0.15, -0.1) is 0 Å². The summed E-state index contributed by atoms with van der Waals surface area (Å²) in [6.45, 7) is 7.59. The number of hydrogen-bond donors (Lipinski definition) is 3. The van der Waals surface area contributed by atoms with Crippen LogP contribution in [0.1, 0.15) is 111 Å². The van der Waals surface area contributed by atoms with E-state index in [4.69, 9.17) is 0 Å². The van der Waals surface area contributed by atoms with Gasteiger partial charge in [0, 0.05) is 25.9 Å². The SMILES string of the molecule is CCCCC/C=C/CCCCC(=O)N[C@@H](CCC(=O)NCCCC)C(=O)NCCCC. The molecule has 6 heteroatoms. The molecule has 1 atom stereocenters. The molecule has 0 aromatic heterocycles. The molecule has 0 aliphatic heterocycles. The zero-order valence-electron chi connectivity index (χ0n) is 20.3. The molecular weight excluding hydrogens is 390 g/mol. The van der Waals surface area contributed by atoms with Gasteiger partial charge in [0.2, 0.25) is 17.7 Å². The lowest BCUT2D eigenvalue weighted by Crippen LogP contribution is -2.47. The van der Waals surface area contributed by atoms with E-state index in [0.29, 0.717) is 25.9 Å². The highest BCUT2D eigenvalue weighted by molar-refractivity contribution is 5.88. The average molecular weight is 438 g/mol. The lowest BCUT2D eigenvalue weighted by atomic mass is 10.1. The lowest BCUT2D eigenvalue weighted by Gasteiger charge is -2.18. The van der Waals surface area contributed by atoms with Crippen LogP contribution in [-0.4, -0.2) is 36.9 Å². The van der Waals surface area contributed by atoms with Crippen molar-refractivity contribution >= 4 is 17.7 Å². The largest absolute Gasteiger partial charge is 0.356 e. The number of allylic oxidation sites excluding steroid dienone is 2. The molecule has 0 spiro atoms. The van der Waals surface area contributed by atoms with Crippen LogP contribution in [-0.2, 0) is 14.4 Å². The van der Waals surface area contributed by atoms with Crippen molar-refractivity contribution in [2.45, 2.75) is 117 Å². The molecule has 3 amide bonds. The van der Waals surface area contributed by atoms with E-state index >= 15 is 0 Å². The number of unbranched alkanes of at least 4 members (excludes halogenated alkanes) is 7. The Morgan fingerprint density at radius 2 is 1.26 bits per heavy atom. The summed E-state index contributed by atoms with van der Waals surface area (Å²) in [5.41, 5.74) is 0. The van der Waals surface area contributed by atoms with E-state index in [1.807, 2.05) is 0 Å². The number of amides is 3. The maximum absolute atomic E-state index is 12.5. The van der Waals surface area contributed by atoms with Gasteiger partial charge in [-0.2, -0.15) is 0 Å². The predicted octanol–water partition coefficient (Wildman–Crippen LogP) is 4.78. The topological polar surface area (TPSA) is 87.3 Å². The summed E-state index contributed by atoms with van der Waals surface area (Å²) in [5, 5.41) is 8.58. The molecule has 31 heavy (non-hydrogen) atoms. The molecule has 0 unspecified atom stereocenters. The lowest BCUT2D eigenvalue weighted by molar-refractivity contribution is -0.129. The van der Waals surface area contributed by atoms with Crippen LogP contribution in [0.5, 0.6) is 0 Å². The minimum Gasteiger partial charge on any atom is -0.356 e. The van der Waals surface area contributed by atoms with Crippen LogP contribution in [0, 0.1) is 0 Å². The summed E-state index contributed by atoms with van der Waals surface area (Å²) in [6.07, 6.45) is 16.9. The van der Waals surface area contributed by atoms with Crippen LogP contribution in [0.4, 0.5) is 0 Å². The van der Waals surface area contributed by atoms with Crippen molar-refractivity contribution < 1.29 is 14.4 Å². The summed E-state index contributed by atoms with van der Waals surface area (Å²) < 4.78 is 0. The Morgan fingerprint density at radius 1 is 0.677 bits per heavy atom. The zero-order chi connectivity index (χ0) is 23.2. The molecule has 3 N–H and O–H groups in total. The van der Waals surface area contributed by atoms with Crippen molar-refractivity contribution in [3.8, 4) is 0 Å². The monoisotopic (exact) mass is 437 g/mol. The molecule has 0 radical (unpaired) electrons. The normalized spacial score (nSPS) is 12.0. The first-order valence-corrected chi connectivity index (χ1v) is 12.5. The molecule has 0 saturated carbocycles. The highest BCUT2D eigenvalue weighted by Crippen LogP contribution is 2.06. The van der Waals surface area contributed by atoms with Crippen molar-refractivity contribution in [1.82, 2.24) is 16.0 Å². The summed E-state index contributed by atoms with van der Waals surface area (Å²) in [7, 11) is 0. The Balaban J connectivity index is 4.31. The van der Waals surface area contributed by atoms with Crippen LogP contribution in [0.15, 0.2) is 12.2 Å². The van der Waals surface area contributed by atoms with Gasteiger partial charge >= 0.3 is 0 Å². The van der Waals surface area contributed by atoms with E-state index in [1.54, 1.807) is 0 Å². The van der Waals surface area contributed by atoms with Gasteiger partial charge in [-0.05, 0) is 51.4 Å². The maximum Gasteiger partial charge on any atom is 0.242 e. The second kappa shape index (κ2) is 21.4. The summed E-state index contributed by atoms with van der Waals surface area (Å²) >= 11 is 0. The highest BCUT2D eigenvalue weighted by Gasteiger charge is 2.21. The smallest absolute Gasteiger partial charge is 0.242 e. The average Bonchev–Trinajstić information content (AvgIpc) is 2.75. The molecule has 0 aromatic rings. The van der Waals surface area contributed by atoms with Gasteiger partial charge in [-0.1, -0.05) is 58.6 Å². The van der Waals surface area contributed by atoms with Gasteiger partial charge < -0.3 is 16.0 Å². The zero-order valence-corrected chi connectivity index (χ0v) is 20.3. The minimum atomic E-state index is -0.653. The van der Waals surface area contributed by atoms with Gasteiger partial charge in [-0.25, -0.2) is 0 Å². The highest BCUT2D eigenvalue weighted by atomic mass is 16.2. The van der Waals surface area contributed by atoms with Crippen molar-refractivity contribution in [2.75, 3.05) is 13.1 Å². The van der Waals surface area contributed by atoms with Crippen LogP contribution < -0.4 is 16.0 Å². The second-order valence-corrected chi connectivity index (χ2v) is 8.22. The van der Waals surface area contributed by atoms with Gasteiger partial charge in [0.15, 0.2) is 0 Å². The fourth-order valence-corrected chi connectivity index (χ4v) is 3.11. The number of nitrogens with one attached hydrogen (secondary N) is 3. The molecule has 0 rings (SSSR count). The van der Waals surface area contributed by atoms with E-state index in [-0.39, 0.29) is 24.1 Å². The van der Waals surface area contributed by atoms with E-state index in [9.17, 15) is 14.4 Å². The van der Waals surface area contributed by atoms with Crippen molar-refractivity contribution in [1.29, 1.82) is 0 Å². The molecule has 0 bridgehead atoms. The van der Waals surface area contributed by atoms with Crippen LogP contribution in [0.25, 0.3) is 0 Å². The Bertz CT molecular complexity index is 506. The molecule has 6 nitrogen and oxygen atoms in total. The molecule has 0 aromatic carbocycles. The first kappa shape index (κ1) is 29.1. The maximum atomic E-state index is 12.5. The van der Waals surface area contributed by atoms with E-state index < -0.39 is 6.04 Å². The fraction of sp³-hybridized carbons (Fsp3) is 0.800. The van der Waals surface area contributed by atoms with Crippen LogP contribution >= 0.6 is 0 Å². The minimum absolute atomic E-state index is 0.0696. The molecular formula is C25H47N3O3. The van der Waals surface area contributed by atoms with Crippen molar-refractivity contribution in [2.24, 2.45) is 0 Å². The Kier molecular flexibility index (Phi) is 20.1. The molecule has 0 aliphatic carbocycles. The van der Waals surface area contributed by atoms with E-state index in [2.05, 4.69) is 48.9 Å². The number of rotatable bonds is 20. The Hall–Kier alpha value is -1.85. The quantitative estimate of drug-likeness (QED) is 0.189. The summed E-state index contributed by atoms with van der Waals surface area (Å²) in [5.74, 6) is -0.382. The Labute approximate surface area is 190 Å². The van der Waals surface area contributed by atoms with Gasteiger partial charge in [0.05, 0.1) is 0 Å². The van der Waals surface area contributed by atoms with Gasteiger partial charge in [0.25, 0.3) is 0 Å². The van der Waals surface area contributed by atoms with Gasteiger partial charge in [-0.3, -0.25) is 14.4 Å². The van der Waals surface area contributed by atoms with Crippen molar-refractivity contribution in [3.63, 3.8) is 0 Å². The number of carbonyl (C=O) groups excluding carboxylic acids is 3. The van der Waals surface area contributed by atoms with Crippen molar-refractivity contribution in [3.05, 3.63) is 12.2 Å².